The number of ether oxygens (including phenoxy) is 2. The number of halogens is 3. The third-order valence-corrected chi connectivity index (χ3v) is 7.01. The molecule has 198 valence electrons. The van der Waals surface area contributed by atoms with Crippen molar-refractivity contribution in [2.45, 2.75) is 31.5 Å². The van der Waals surface area contributed by atoms with Gasteiger partial charge in [0.2, 0.25) is 0 Å². The van der Waals surface area contributed by atoms with Crippen LogP contribution in [0.1, 0.15) is 46.0 Å². The highest BCUT2D eigenvalue weighted by Crippen LogP contribution is 2.39. The Bertz CT molecular complexity index is 1320. The summed E-state index contributed by atoms with van der Waals surface area (Å²) < 4.78 is 49.4. The van der Waals surface area contributed by atoms with E-state index in [4.69, 9.17) is 9.47 Å². The quantitative estimate of drug-likeness (QED) is 0.395. The second kappa shape index (κ2) is 10.0. The van der Waals surface area contributed by atoms with Crippen molar-refractivity contribution in [3.8, 4) is 17.2 Å². The maximum Gasteiger partial charge on any atom is 0.416 e. The molecule has 2 aliphatic heterocycles. The number of nitrogens with zero attached hydrogens (tertiary/aromatic N) is 2. The minimum atomic E-state index is -4.41. The van der Waals surface area contributed by atoms with Crippen LogP contribution in [0.5, 0.6) is 17.2 Å². The molecule has 0 N–H and O–H groups in total. The highest BCUT2D eigenvalue weighted by atomic mass is 19.4. The maximum atomic E-state index is 13.3. The summed E-state index contributed by atoms with van der Waals surface area (Å²) in [5.41, 5.74) is -0.0646. The van der Waals surface area contributed by atoms with Crippen LogP contribution >= 0.6 is 0 Å². The van der Waals surface area contributed by atoms with E-state index in [9.17, 15) is 22.8 Å². The van der Waals surface area contributed by atoms with Crippen molar-refractivity contribution >= 4 is 11.8 Å². The largest absolute Gasteiger partial charge is 0.494 e. The Hall–Kier alpha value is -4.01. The fourth-order valence-electron chi connectivity index (χ4n) is 5.13. The standard InChI is InChI=1S/C29H27F3N2O4/c1-2-37-25-6-3-5-21(17-25)27(36)34-16-4-15-28(34)18-33(19-28)26(35)20-7-11-23(12-8-20)38-24-13-9-22(10-14-24)29(30,31)32/h3,5-14,17H,2,4,15-16,18-19H2,1H3. The molecule has 3 aromatic rings. The van der Waals surface area contributed by atoms with Crippen molar-refractivity contribution < 1.29 is 32.2 Å². The van der Waals surface area contributed by atoms with E-state index in [0.717, 1.165) is 25.0 Å². The Morgan fingerprint density at radius 1 is 0.868 bits per heavy atom. The Kier molecular flexibility index (Phi) is 6.77. The van der Waals surface area contributed by atoms with Crippen LogP contribution in [0, 0.1) is 0 Å². The van der Waals surface area contributed by atoms with Gasteiger partial charge >= 0.3 is 6.18 Å². The highest BCUT2D eigenvalue weighted by Gasteiger charge is 2.53. The predicted octanol–water partition coefficient (Wildman–Crippen LogP) is 6.03. The first-order valence-corrected chi connectivity index (χ1v) is 12.5. The number of carbonyl (C=O) groups is 2. The molecule has 0 atom stereocenters. The van der Waals surface area contributed by atoms with Gasteiger partial charge in [0, 0.05) is 30.8 Å². The molecule has 3 aromatic carbocycles. The summed E-state index contributed by atoms with van der Waals surface area (Å²) in [7, 11) is 0. The van der Waals surface area contributed by atoms with E-state index < -0.39 is 11.7 Å². The fraction of sp³-hybridized carbons (Fsp3) is 0.310. The van der Waals surface area contributed by atoms with Crippen LogP contribution in [0.25, 0.3) is 0 Å². The Balaban J connectivity index is 1.20. The highest BCUT2D eigenvalue weighted by molar-refractivity contribution is 5.97. The normalized spacial score (nSPS) is 16.3. The number of amides is 2. The van der Waals surface area contributed by atoms with Gasteiger partial charge in [0.05, 0.1) is 17.7 Å². The van der Waals surface area contributed by atoms with Crippen LogP contribution in [0.2, 0.25) is 0 Å². The van der Waals surface area contributed by atoms with E-state index in [0.29, 0.717) is 48.9 Å². The van der Waals surface area contributed by atoms with Gasteiger partial charge < -0.3 is 19.3 Å². The number of hydrogen-bond donors (Lipinski definition) is 0. The molecule has 0 aliphatic carbocycles. The molecule has 0 radical (unpaired) electrons. The molecule has 0 saturated carbocycles. The average molecular weight is 525 g/mol. The zero-order valence-corrected chi connectivity index (χ0v) is 20.8. The van der Waals surface area contributed by atoms with Crippen molar-refractivity contribution in [2.24, 2.45) is 0 Å². The van der Waals surface area contributed by atoms with E-state index in [1.807, 2.05) is 24.0 Å². The van der Waals surface area contributed by atoms with E-state index in [1.54, 1.807) is 41.3 Å². The van der Waals surface area contributed by atoms with Gasteiger partial charge in [-0.1, -0.05) is 6.07 Å². The summed E-state index contributed by atoms with van der Waals surface area (Å²) in [5.74, 6) is 1.13. The zero-order valence-electron chi connectivity index (χ0n) is 20.8. The predicted molar refractivity (Wildman–Crippen MR) is 134 cm³/mol. The van der Waals surface area contributed by atoms with Gasteiger partial charge in [-0.25, -0.2) is 0 Å². The van der Waals surface area contributed by atoms with Crippen LogP contribution in [-0.4, -0.2) is 53.4 Å². The van der Waals surface area contributed by atoms with Gasteiger partial charge in [-0.05, 0) is 86.5 Å². The summed E-state index contributed by atoms with van der Waals surface area (Å²) in [6.07, 6.45) is -2.68. The first-order chi connectivity index (χ1) is 18.2. The minimum Gasteiger partial charge on any atom is -0.494 e. The maximum absolute atomic E-state index is 13.3. The van der Waals surface area contributed by atoms with Crippen molar-refractivity contribution in [2.75, 3.05) is 26.2 Å². The molecule has 2 saturated heterocycles. The van der Waals surface area contributed by atoms with Crippen LogP contribution in [0.3, 0.4) is 0 Å². The molecule has 1 spiro atoms. The number of rotatable bonds is 6. The third kappa shape index (κ3) is 5.05. The molecule has 9 heteroatoms. The molecule has 5 rings (SSSR count). The van der Waals surface area contributed by atoms with Crippen LogP contribution in [0.4, 0.5) is 13.2 Å². The Labute approximate surface area is 218 Å². The molecule has 0 aromatic heterocycles. The van der Waals surface area contributed by atoms with Gasteiger partial charge in [-0.2, -0.15) is 13.2 Å². The van der Waals surface area contributed by atoms with Crippen LogP contribution in [-0.2, 0) is 6.18 Å². The second-order valence-corrected chi connectivity index (χ2v) is 9.56. The van der Waals surface area contributed by atoms with Gasteiger partial charge in [-0.15, -0.1) is 0 Å². The van der Waals surface area contributed by atoms with Gasteiger partial charge in [0.25, 0.3) is 11.8 Å². The minimum absolute atomic E-state index is 0.0547. The number of alkyl halides is 3. The smallest absolute Gasteiger partial charge is 0.416 e. The molecule has 2 heterocycles. The van der Waals surface area contributed by atoms with Gasteiger partial charge in [0.1, 0.15) is 17.2 Å². The Morgan fingerprint density at radius 3 is 2.16 bits per heavy atom. The third-order valence-electron chi connectivity index (χ3n) is 7.01. The summed E-state index contributed by atoms with van der Waals surface area (Å²) in [5, 5.41) is 0. The first-order valence-electron chi connectivity index (χ1n) is 12.5. The van der Waals surface area contributed by atoms with E-state index in [-0.39, 0.29) is 23.1 Å². The summed E-state index contributed by atoms with van der Waals surface area (Å²) in [6.45, 7) is 3.99. The molecule has 38 heavy (non-hydrogen) atoms. The van der Waals surface area contributed by atoms with Crippen molar-refractivity contribution in [3.63, 3.8) is 0 Å². The zero-order chi connectivity index (χ0) is 26.9. The molecule has 0 unspecified atom stereocenters. The fourth-order valence-corrected chi connectivity index (χ4v) is 5.13. The summed E-state index contributed by atoms with van der Waals surface area (Å²) in [6, 6.07) is 18.1. The molecule has 2 amide bonds. The second-order valence-electron chi connectivity index (χ2n) is 9.56. The average Bonchev–Trinajstić information content (AvgIpc) is 3.33. The number of carbonyl (C=O) groups excluding carboxylic acids is 2. The lowest BCUT2D eigenvalue weighted by atomic mass is 9.86. The van der Waals surface area contributed by atoms with Crippen molar-refractivity contribution in [1.82, 2.24) is 9.80 Å². The Morgan fingerprint density at radius 2 is 1.53 bits per heavy atom. The number of hydrogen-bond acceptors (Lipinski definition) is 4. The van der Waals surface area contributed by atoms with Gasteiger partial charge in [-0.3, -0.25) is 9.59 Å². The molecule has 2 fully saturated rings. The molecule has 2 aliphatic rings. The molecule has 0 bridgehead atoms. The molecular formula is C29H27F3N2O4. The SMILES string of the molecule is CCOc1cccc(C(=O)N2CCCC23CN(C(=O)c2ccc(Oc4ccc(C(F)(F)F)cc4)cc2)C3)c1. The number of likely N-dealkylation sites (tertiary alicyclic amines) is 2. The lowest BCUT2D eigenvalue weighted by Crippen LogP contribution is -2.69. The van der Waals surface area contributed by atoms with Crippen molar-refractivity contribution in [1.29, 1.82) is 0 Å². The first kappa shape index (κ1) is 25.6. The summed E-state index contributed by atoms with van der Waals surface area (Å²) >= 11 is 0. The van der Waals surface area contributed by atoms with Gasteiger partial charge in [0.15, 0.2) is 0 Å². The molecular weight excluding hydrogens is 497 g/mol. The lowest BCUT2D eigenvalue weighted by Gasteiger charge is -2.52. The van der Waals surface area contributed by atoms with Crippen LogP contribution in [0.15, 0.2) is 72.8 Å². The van der Waals surface area contributed by atoms with E-state index in [1.165, 1.54) is 12.1 Å². The monoisotopic (exact) mass is 524 g/mol. The topological polar surface area (TPSA) is 59.1 Å². The number of benzene rings is 3. The van der Waals surface area contributed by atoms with E-state index in [2.05, 4.69) is 0 Å². The summed E-state index contributed by atoms with van der Waals surface area (Å²) in [4.78, 5) is 30.0. The lowest BCUT2D eigenvalue weighted by molar-refractivity contribution is -0.137. The van der Waals surface area contributed by atoms with Crippen molar-refractivity contribution in [3.05, 3.63) is 89.5 Å². The van der Waals surface area contributed by atoms with Crippen LogP contribution < -0.4 is 9.47 Å². The van der Waals surface area contributed by atoms with E-state index >= 15 is 0 Å². The molecule has 6 nitrogen and oxygen atoms in total.